The first-order chi connectivity index (χ1) is 8.29. The smallest absolute Gasteiger partial charge is 0.416 e. The Kier molecular flexibility index (Phi) is 4.30. The third-order valence-corrected chi connectivity index (χ3v) is 2.08. The molecule has 0 aromatic heterocycles. The molecule has 0 bridgehead atoms. The van der Waals surface area contributed by atoms with Crippen molar-refractivity contribution >= 4 is 11.9 Å². The number of nitrogens with one attached hydrogen (secondary N) is 1. The maximum Gasteiger partial charge on any atom is 0.416 e. The van der Waals surface area contributed by atoms with E-state index in [1.807, 2.05) is 0 Å². The first-order valence-corrected chi connectivity index (χ1v) is 4.93. The van der Waals surface area contributed by atoms with Crippen molar-refractivity contribution in [1.29, 1.82) is 0 Å². The van der Waals surface area contributed by atoms with Gasteiger partial charge in [-0.3, -0.25) is 9.59 Å². The van der Waals surface area contributed by atoms with Crippen LogP contribution < -0.4 is 5.32 Å². The van der Waals surface area contributed by atoms with E-state index < -0.39 is 30.2 Å². The lowest BCUT2D eigenvalue weighted by atomic mass is 10.1. The molecule has 2 N–H and O–H groups in total. The number of alkyl halides is 3. The second-order valence-electron chi connectivity index (χ2n) is 3.54. The molecule has 0 unspecified atom stereocenters. The summed E-state index contributed by atoms with van der Waals surface area (Å²) >= 11 is 0. The molecule has 0 aliphatic heterocycles. The molecule has 1 aromatic rings. The zero-order valence-electron chi connectivity index (χ0n) is 9.12. The molecule has 0 heterocycles. The second kappa shape index (κ2) is 5.52. The number of amides is 1. The van der Waals surface area contributed by atoms with Crippen LogP contribution in [0.2, 0.25) is 0 Å². The van der Waals surface area contributed by atoms with Gasteiger partial charge in [-0.15, -0.1) is 0 Å². The average molecular weight is 261 g/mol. The number of rotatable bonds is 4. The number of halogens is 3. The molecule has 0 fully saturated rings. The van der Waals surface area contributed by atoms with E-state index in [1.54, 1.807) is 0 Å². The van der Waals surface area contributed by atoms with Gasteiger partial charge in [-0.25, -0.2) is 0 Å². The molecule has 0 aliphatic carbocycles. The number of hydrogen-bond donors (Lipinski definition) is 2. The van der Waals surface area contributed by atoms with Crippen molar-refractivity contribution in [2.45, 2.75) is 12.6 Å². The topological polar surface area (TPSA) is 66.4 Å². The van der Waals surface area contributed by atoms with E-state index in [0.717, 1.165) is 12.1 Å². The van der Waals surface area contributed by atoms with Crippen molar-refractivity contribution in [3.8, 4) is 0 Å². The number of carboxylic acid groups (broad SMARTS) is 1. The third-order valence-electron chi connectivity index (χ3n) is 2.08. The second-order valence-corrected chi connectivity index (χ2v) is 3.54. The summed E-state index contributed by atoms with van der Waals surface area (Å²) in [5.74, 6) is -1.74. The number of carbonyl (C=O) groups excluding carboxylic acids is 1. The van der Waals surface area contributed by atoms with Crippen LogP contribution in [-0.2, 0) is 22.2 Å². The van der Waals surface area contributed by atoms with Crippen LogP contribution in [0.5, 0.6) is 0 Å². The first kappa shape index (κ1) is 14.0. The zero-order chi connectivity index (χ0) is 13.8. The van der Waals surface area contributed by atoms with E-state index in [4.69, 9.17) is 5.11 Å². The monoisotopic (exact) mass is 261 g/mol. The molecule has 0 radical (unpaired) electrons. The molecular formula is C11H10F3NO3. The van der Waals surface area contributed by atoms with Crippen molar-refractivity contribution in [2.24, 2.45) is 0 Å². The van der Waals surface area contributed by atoms with Crippen LogP contribution in [0.15, 0.2) is 24.3 Å². The molecule has 0 saturated carbocycles. The minimum absolute atomic E-state index is 0.161. The summed E-state index contributed by atoms with van der Waals surface area (Å²) in [6.07, 6.45) is -4.57. The Morgan fingerprint density at radius 3 is 2.17 bits per heavy atom. The van der Waals surface area contributed by atoms with Crippen molar-refractivity contribution in [3.05, 3.63) is 35.4 Å². The molecule has 0 atom stereocenters. The Labute approximate surface area is 100 Å². The minimum Gasteiger partial charge on any atom is -0.480 e. The quantitative estimate of drug-likeness (QED) is 0.862. The van der Waals surface area contributed by atoms with Crippen LogP contribution in [0.4, 0.5) is 13.2 Å². The highest BCUT2D eigenvalue weighted by atomic mass is 19.4. The summed E-state index contributed by atoms with van der Waals surface area (Å²) in [6.45, 7) is -0.514. The maximum absolute atomic E-state index is 12.2. The fraction of sp³-hybridized carbons (Fsp3) is 0.273. The molecule has 1 rings (SSSR count). The van der Waals surface area contributed by atoms with Gasteiger partial charge in [0.05, 0.1) is 12.0 Å². The van der Waals surface area contributed by atoms with Crippen LogP contribution in [-0.4, -0.2) is 23.5 Å². The number of aliphatic carboxylic acids is 1. The van der Waals surface area contributed by atoms with E-state index in [9.17, 15) is 22.8 Å². The standard InChI is InChI=1S/C11H10F3NO3/c12-11(13,14)8-3-1-7(2-4-8)5-9(16)15-6-10(17)18/h1-4H,5-6H2,(H,15,16)(H,17,18). The average Bonchev–Trinajstić information content (AvgIpc) is 2.26. The molecule has 7 heteroatoms. The highest BCUT2D eigenvalue weighted by molar-refractivity contribution is 5.82. The Morgan fingerprint density at radius 2 is 1.72 bits per heavy atom. The molecule has 0 saturated heterocycles. The van der Waals surface area contributed by atoms with E-state index in [1.165, 1.54) is 12.1 Å². The van der Waals surface area contributed by atoms with Gasteiger partial charge in [0.2, 0.25) is 5.91 Å². The van der Waals surface area contributed by atoms with E-state index >= 15 is 0 Å². The van der Waals surface area contributed by atoms with Gasteiger partial charge in [0.1, 0.15) is 6.54 Å². The maximum atomic E-state index is 12.2. The van der Waals surface area contributed by atoms with Crippen LogP contribution in [0, 0.1) is 0 Å². The lowest BCUT2D eigenvalue weighted by Crippen LogP contribution is -2.30. The van der Waals surface area contributed by atoms with Crippen LogP contribution in [0.1, 0.15) is 11.1 Å². The summed E-state index contributed by atoms with van der Waals surface area (Å²) in [5.41, 5.74) is -0.414. The van der Waals surface area contributed by atoms with Crippen molar-refractivity contribution in [3.63, 3.8) is 0 Å². The normalized spacial score (nSPS) is 11.1. The Hall–Kier alpha value is -2.05. The lowest BCUT2D eigenvalue weighted by molar-refractivity contribution is -0.138. The van der Waals surface area contributed by atoms with E-state index in [0.29, 0.717) is 5.56 Å². The molecular weight excluding hydrogens is 251 g/mol. The van der Waals surface area contributed by atoms with Gasteiger partial charge >= 0.3 is 12.1 Å². The minimum atomic E-state index is -4.41. The lowest BCUT2D eigenvalue weighted by Gasteiger charge is -2.07. The molecule has 1 amide bonds. The summed E-state index contributed by atoms with van der Waals surface area (Å²) in [7, 11) is 0. The molecule has 4 nitrogen and oxygen atoms in total. The van der Waals surface area contributed by atoms with Crippen molar-refractivity contribution < 1.29 is 27.9 Å². The van der Waals surface area contributed by atoms with E-state index in [2.05, 4.69) is 5.32 Å². The predicted molar refractivity (Wildman–Crippen MR) is 55.8 cm³/mol. The fourth-order valence-electron chi connectivity index (χ4n) is 1.23. The number of carboxylic acids is 1. The van der Waals surface area contributed by atoms with Crippen LogP contribution >= 0.6 is 0 Å². The van der Waals surface area contributed by atoms with Gasteiger partial charge in [-0.1, -0.05) is 12.1 Å². The molecule has 1 aromatic carbocycles. The fourth-order valence-corrected chi connectivity index (χ4v) is 1.23. The van der Waals surface area contributed by atoms with Gasteiger partial charge in [-0.05, 0) is 17.7 Å². The Bertz CT molecular complexity index is 440. The Morgan fingerprint density at radius 1 is 1.17 bits per heavy atom. The van der Waals surface area contributed by atoms with Gasteiger partial charge in [0, 0.05) is 0 Å². The van der Waals surface area contributed by atoms with Crippen molar-refractivity contribution in [1.82, 2.24) is 5.32 Å². The largest absolute Gasteiger partial charge is 0.480 e. The summed E-state index contributed by atoms with van der Waals surface area (Å²) < 4.78 is 36.7. The third kappa shape index (κ3) is 4.44. The van der Waals surface area contributed by atoms with Gasteiger partial charge < -0.3 is 10.4 Å². The summed E-state index contributed by atoms with van der Waals surface area (Å²) in [5, 5.41) is 10.4. The van der Waals surface area contributed by atoms with Gasteiger partial charge in [0.25, 0.3) is 0 Å². The highest BCUT2D eigenvalue weighted by Crippen LogP contribution is 2.29. The van der Waals surface area contributed by atoms with Crippen LogP contribution in [0.3, 0.4) is 0 Å². The van der Waals surface area contributed by atoms with Crippen molar-refractivity contribution in [2.75, 3.05) is 6.54 Å². The molecule has 0 spiro atoms. The SMILES string of the molecule is O=C(O)CNC(=O)Cc1ccc(C(F)(F)F)cc1. The zero-order valence-corrected chi connectivity index (χ0v) is 9.12. The summed E-state index contributed by atoms with van der Waals surface area (Å²) in [4.78, 5) is 21.4. The predicted octanol–water partition coefficient (Wildman–Crippen LogP) is 1.45. The number of benzene rings is 1. The van der Waals surface area contributed by atoms with Gasteiger partial charge in [-0.2, -0.15) is 13.2 Å². The Balaban J connectivity index is 2.59. The van der Waals surface area contributed by atoms with Crippen LogP contribution in [0.25, 0.3) is 0 Å². The molecule has 18 heavy (non-hydrogen) atoms. The number of carbonyl (C=O) groups is 2. The molecule has 98 valence electrons. The summed E-state index contributed by atoms with van der Waals surface area (Å²) in [6, 6.07) is 4.12. The molecule has 0 aliphatic rings. The highest BCUT2D eigenvalue weighted by Gasteiger charge is 2.29. The first-order valence-electron chi connectivity index (χ1n) is 4.93. The van der Waals surface area contributed by atoms with Gasteiger partial charge in [0.15, 0.2) is 0 Å². The number of hydrogen-bond acceptors (Lipinski definition) is 2. The van der Waals surface area contributed by atoms with E-state index in [-0.39, 0.29) is 6.42 Å².